The van der Waals surface area contributed by atoms with Gasteiger partial charge in [0.2, 0.25) is 0 Å². The number of nitrogens with one attached hydrogen (secondary N) is 1. The van der Waals surface area contributed by atoms with Crippen LogP contribution in [0.2, 0.25) is 0 Å². The molecule has 0 aromatic heterocycles. The third-order valence-corrected chi connectivity index (χ3v) is 3.03. The number of hydrogen-bond acceptors (Lipinski definition) is 2. The van der Waals surface area contributed by atoms with Crippen LogP contribution >= 0.6 is 0 Å². The lowest BCUT2D eigenvalue weighted by Crippen LogP contribution is -2.32. The van der Waals surface area contributed by atoms with Crippen LogP contribution in [0.3, 0.4) is 0 Å². The Morgan fingerprint density at radius 1 is 1.32 bits per heavy atom. The number of para-hydroxylation sites is 1. The zero-order valence-electron chi connectivity index (χ0n) is 10.6. The van der Waals surface area contributed by atoms with Crippen LogP contribution < -0.4 is 10.2 Å². The van der Waals surface area contributed by atoms with Gasteiger partial charge >= 0.3 is 6.18 Å². The first kappa shape index (κ1) is 14.1. The zero-order chi connectivity index (χ0) is 14.0. The van der Waals surface area contributed by atoms with E-state index in [0.29, 0.717) is 18.2 Å². The van der Waals surface area contributed by atoms with E-state index in [9.17, 15) is 17.6 Å². The Kier molecular flexibility index (Phi) is 3.99. The molecule has 2 nitrogen and oxygen atoms in total. The van der Waals surface area contributed by atoms with Gasteiger partial charge in [-0.15, -0.1) is 0 Å². The number of rotatable bonds is 5. The molecule has 0 spiro atoms. The SMILES string of the molecule is CN(CC(F)(F)F)c1c(F)cccc1CNC1CC1. The van der Waals surface area contributed by atoms with Crippen LogP contribution in [0.15, 0.2) is 18.2 Å². The summed E-state index contributed by atoms with van der Waals surface area (Å²) in [6.45, 7) is -0.773. The average Bonchev–Trinajstić information content (AvgIpc) is 3.07. The topological polar surface area (TPSA) is 15.3 Å². The van der Waals surface area contributed by atoms with Gasteiger partial charge in [-0.2, -0.15) is 13.2 Å². The Morgan fingerprint density at radius 3 is 2.58 bits per heavy atom. The standard InChI is InChI=1S/C13H16F4N2/c1-19(8-13(15,16)17)12-9(3-2-4-11(12)14)7-18-10-5-6-10/h2-4,10,18H,5-8H2,1H3. The van der Waals surface area contributed by atoms with E-state index in [1.54, 1.807) is 6.07 Å². The highest BCUT2D eigenvalue weighted by atomic mass is 19.4. The summed E-state index contributed by atoms with van der Waals surface area (Å²) >= 11 is 0. The minimum atomic E-state index is -4.35. The molecule has 1 N–H and O–H groups in total. The molecule has 0 aliphatic heterocycles. The van der Waals surface area contributed by atoms with Crippen molar-refractivity contribution in [2.24, 2.45) is 0 Å². The van der Waals surface area contributed by atoms with Gasteiger partial charge in [-0.1, -0.05) is 12.1 Å². The Morgan fingerprint density at radius 2 is 2.00 bits per heavy atom. The average molecular weight is 276 g/mol. The molecule has 0 amide bonds. The second-order valence-electron chi connectivity index (χ2n) is 4.87. The molecule has 1 aliphatic rings. The van der Waals surface area contributed by atoms with Gasteiger partial charge in [-0.3, -0.25) is 0 Å². The monoisotopic (exact) mass is 276 g/mol. The van der Waals surface area contributed by atoms with Crippen LogP contribution in [-0.4, -0.2) is 25.8 Å². The summed E-state index contributed by atoms with van der Waals surface area (Å²) < 4.78 is 51.0. The molecular weight excluding hydrogens is 260 g/mol. The fourth-order valence-electron chi connectivity index (χ4n) is 2.02. The molecule has 1 aromatic rings. The maximum absolute atomic E-state index is 13.8. The molecule has 1 aliphatic carbocycles. The van der Waals surface area contributed by atoms with Crippen LogP contribution in [-0.2, 0) is 6.54 Å². The molecule has 0 atom stereocenters. The number of benzene rings is 1. The smallest absolute Gasteiger partial charge is 0.363 e. The Balaban J connectivity index is 2.15. The minimum Gasteiger partial charge on any atom is -0.363 e. The van der Waals surface area contributed by atoms with Crippen molar-refractivity contribution in [2.75, 3.05) is 18.5 Å². The van der Waals surface area contributed by atoms with Gasteiger partial charge < -0.3 is 10.2 Å². The van der Waals surface area contributed by atoms with Crippen molar-refractivity contribution < 1.29 is 17.6 Å². The summed E-state index contributed by atoms with van der Waals surface area (Å²) in [5.41, 5.74) is 0.576. The first-order chi connectivity index (χ1) is 8.87. The predicted molar refractivity (Wildman–Crippen MR) is 65.6 cm³/mol. The first-order valence-corrected chi connectivity index (χ1v) is 6.15. The lowest BCUT2D eigenvalue weighted by molar-refractivity contribution is -0.119. The van der Waals surface area contributed by atoms with Crippen molar-refractivity contribution in [2.45, 2.75) is 31.6 Å². The van der Waals surface area contributed by atoms with Crippen LogP contribution in [0.25, 0.3) is 0 Å². The van der Waals surface area contributed by atoms with Gasteiger partial charge in [0.1, 0.15) is 12.4 Å². The molecule has 106 valence electrons. The molecule has 0 heterocycles. The molecule has 6 heteroatoms. The molecule has 0 saturated heterocycles. The second kappa shape index (κ2) is 5.36. The summed E-state index contributed by atoms with van der Waals surface area (Å²) in [5.74, 6) is -0.623. The van der Waals surface area contributed by atoms with Crippen molar-refractivity contribution in [3.8, 4) is 0 Å². The highest BCUT2D eigenvalue weighted by molar-refractivity contribution is 5.54. The van der Waals surface area contributed by atoms with Crippen molar-refractivity contribution in [3.63, 3.8) is 0 Å². The van der Waals surface area contributed by atoms with Crippen LogP contribution in [0, 0.1) is 5.82 Å². The van der Waals surface area contributed by atoms with Gasteiger partial charge in [-0.25, -0.2) is 4.39 Å². The summed E-state index contributed by atoms with van der Waals surface area (Å²) in [6.07, 6.45) is -2.20. The number of alkyl halides is 3. The van der Waals surface area contributed by atoms with E-state index in [-0.39, 0.29) is 5.69 Å². The summed E-state index contributed by atoms with van der Waals surface area (Å²) in [7, 11) is 1.26. The summed E-state index contributed by atoms with van der Waals surface area (Å²) in [6, 6.07) is 4.78. The van der Waals surface area contributed by atoms with Gasteiger partial charge in [0.05, 0.1) is 5.69 Å². The molecule has 1 saturated carbocycles. The van der Waals surface area contributed by atoms with E-state index < -0.39 is 18.5 Å². The number of anilines is 1. The Labute approximate surface area is 109 Å². The quantitative estimate of drug-likeness (QED) is 0.831. The van der Waals surface area contributed by atoms with Gasteiger partial charge in [0.15, 0.2) is 0 Å². The van der Waals surface area contributed by atoms with E-state index in [0.717, 1.165) is 17.7 Å². The van der Waals surface area contributed by atoms with E-state index in [1.807, 2.05) is 0 Å². The first-order valence-electron chi connectivity index (χ1n) is 6.15. The predicted octanol–water partition coefficient (Wildman–Crippen LogP) is 3.08. The van der Waals surface area contributed by atoms with Crippen molar-refractivity contribution in [3.05, 3.63) is 29.6 Å². The van der Waals surface area contributed by atoms with Gasteiger partial charge in [-0.05, 0) is 24.5 Å². The van der Waals surface area contributed by atoms with E-state index >= 15 is 0 Å². The Bertz CT molecular complexity index is 441. The maximum atomic E-state index is 13.8. The lowest BCUT2D eigenvalue weighted by Gasteiger charge is -2.24. The molecule has 19 heavy (non-hydrogen) atoms. The maximum Gasteiger partial charge on any atom is 0.405 e. The van der Waals surface area contributed by atoms with E-state index in [2.05, 4.69) is 5.32 Å². The largest absolute Gasteiger partial charge is 0.405 e. The summed E-state index contributed by atoms with van der Waals surface area (Å²) in [4.78, 5) is 0.916. The molecular formula is C13H16F4N2. The van der Waals surface area contributed by atoms with Gasteiger partial charge in [0.25, 0.3) is 0 Å². The van der Waals surface area contributed by atoms with Crippen LogP contribution in [0.1, 0.15) is 18.4 Å². The van der Waals surface area contributed by atoms with Crippen LogP contribution in [0.4, 0.5) is 23.2 Å². The fourth-order valence-corrected chi connectivity index (χ4v) is 2.02. The molecule has 0 radical (unpaired) electrons. The third-order valence-electron chi connectivity index (χ3n) is 3.03. The molecule has 0 unspecified atom stereocenters. The molecule has 1 aromatic carbocycles. The fraction of sp³-hybridized carbons (Fsp3) is 0.538. The van der Waals surface area contributed by atoms with Crippen molar-refractivity contribution in [1.82, 2.24) is 5.32 Å². The van der Waals surface area contributed by atoms with E-state index in [4.69, 9.17) is 0 Å². The highest BCUT2D eigenvalue weighted by Crippen LogP contribution is 2.28. The number of halogens is 4. The zero-order valence-corrected chi connectivity index (χ0v) is 10.6. The Hall–Kier alpha value is -1.30. The molecule has 2 rings (SSSR count). The molecule has 0 bridgehead atoms. The number of hydrogen-bond donors (Lipinski definition) is 1. The molecule has 1 fully saturated rings. The highest BCUT2D eigenvalue weighted by Gasteiger charge is 2.31. The van der Waals surface area contributed by atoms with Crippen LogP contribution in [0.5, 0.6) is 0 Å². The van der Waals surface area contributed by atoms with Crippen molar-refractivity contribution in [1.29, 1.82) is 0 Å². The number of nitrogens with zero attached hydrogens (tertiary/aromatic N) is 1. The normalized spacial score (nSPS) is 15.6. The van der Waals surface area contributed by atoms with Crippen molar-refractivity contribution >= 4 is 5.69 Å². The third kappa shape index (κ3) is 4.09. The minimum absolute atomic E-state index is 0.0213. The second-order valence-corrected chi connectivity index (χ2v) is 4.87. The van der Waals surface area contributed by atoms with Gasteiger partial charge in [0, 0.05) is 19.6 Å². The summed E-state index contributed by atoms with van der Waals surface area (Å²) in [5, 5.41) is 3.18. The van der Waals surface area contributed by atoms with E-state index in [1.165, 1.54) is 19.2 Å². The lowest BCUT2D eigenvalue weighted by atomic mass is 10.1.